The predicted molar refractivity (Wildman–Crippen MR) is 92.1 cm³/mol. The first-order chi connectivity index (χ1) is 12.5. The van der Waals surface area contributed by atoms with E-state index in [1.54, 1.807) is 18.2 Å². The molecular weight excluding hydrogens is 339 g/mol. The molecule has 1 aromatic carbocycles. The van der Waals surface area contributed by atoms with Crippen LogP contribution >= 0.6 is 0 Å². The number of rotatable bonds is 5. The number of anilines is 1. The second-order valence-corrected chi connectivity index (χ2v) is 5.50. The fourth-order valence-electron chi connectivity index (χ4n) is 2.54. The molecule has 2 aromatic heterocycles. The van der Waals surface area contributed by atoms with E-state index in [-0.39, 0.29) is 41.5 Å². The first-order valence-corrected chi connectivity index (χ1v) is 7.79. The summed E-state index contributed by atoms with van der Waals surface area (Å²) in [5.41, 5.74) is 6.39. The van der Waals surface area contributed by atoms with Crippen molar-refractivity contribution in [1.82, 2.24) is 15.0 Å². The summed E-state index contributed by atoms with van der Waals surface area (Å²) < 4.78 is 18.5. The molecule has 0 saturated heterocycles. The van der Waals surface area contributed by atoms with Gasteiger partial charge in [0.25, 0.3) is 0 Å². The molecule has 8 heteroatoms. The lowest BCUT2D eigenvalue weighted by atomic mass is 10.1. The van der Waals surface area contributed by atoms with Crippen molar-refractivity contribution in [2.24, 2.45) is 0 Å². The number of hydrogen-bond donors (Lipinski definition) is 1. The van der Waals surface area contributed by atoms with Crippen LogP contribution in [0.2, 0.25) is 0 Å². The summed E-state index contributed by atoms with van der Waals surface area (Å²) >= 11 is 0. The largest absolute Gasteiger partial charge is 0.464 e. The Balaban J connectivity index is 1.84. The van der Waals surface area contributed by atoms with Crippen molar-refractivity contribution in [3.05, 3.63) is 59.3 Å². The van der Waals surface area contributed by atoms with Gasteiger partial charge in [0.1, 0.15) is 22.7 Å². The zero-order valence-electron chi connectivity index (χ0n) is 13.9. The standard InChI is InChI=1S/C18H15FN4O3/c1-26-17(25)13-7-2-4-10(21-13)8-9-14(24)16-11-5-3-6-12(19)15(11)22-18(20)23-16/h2-7H,8-9H2,1H3,(H2,20,22,23). The van der Waals surface area contributed by atoms with Crippen molar-refractivity contribution in [1.29, 1.82) is 0 Å². The number of ether oxygens (including phenoxy) is 1. The van der Waals surface area contributed by atoms with Crippen LogP contribution in [0, 0.1) is 5.82 Å². The molecule has 132 valence electrons. The van der Waals surface area contributed by atoms with Gasteiger partial charge in [-0.1, -0.05) is 18.2 Å². The highest BCUT2D eigenvalue weighted by molar-refractivity contribution is 6.06. The molecule has 0 unspecified atom stereocenters. The van der Waals surface area contributed by atoms with Gasteiger partial charge >= 0.3 is 5.97 Å². The minimum absolute atomic E-state index is 0.00848. The average Bonchev–Trinajstić information content (AvgIpc) is 2.66. The van der Waals surface area contributed by atoms with Crippen LogP contribution in [0.25, 0.3) is 10.9 Å². The number of nitrogen functional groups attached to an aromatic ring is 1. The summed E-state index contributed by atoms with van der Waals surface area (Å²) in [5, 5.41) is 0.306. The summed E-state index contributed by atoms with van der Waals surface area (Å²) in [6.45, 7) is 0. The smallest absolute Gasteiger partial charge is 0.356 e. The number of nitrogens with two attached hydrogens (primary N) is 1. The third kappa shape index (κ3) is 3.49. The topological polar surface area (TPSA) is 108 Å². The molecule has 2 heterocycles. The van der Waals surface area contributed by atoms with Gasteiger partial charge in [0.2, 0.25) is 5.95 Å². The maximum absolute atomic E-state index is 13.9. The van der Waals surface area contributed by atoms with Gasteiger partial charge < -0.3 is 10.5 Å². The van der Waals surface area contributed by atoms with Gasteiger partial charge in [-0.3, -0.25) is 4.79 Å². The number of benzene rings is 1. The molecular formula is C18H15FN4O3. The zero-order valence-corrected chi connectivity index (χ0v) is 13.9. The molecule has 0 aliphatic heterocycles. The van der Waals surface area contributed by atoms with E-state index in [4.69, 9.17) is 5.73 Å². The van der Waals surface area contributed by atoms with Gasteiger partial charge in [-0.2, -0.15) is 0 Å². The molecule has 0 atom stereocenters. The molecule has 0 saturated carbocycles. The van der Waals surface area contributed by atoms with Crippen molar-refractivity contribution in [3.8, 4) is 0 Å². The van der Waals surface area contributed by atoms with Crippen LogP contribution in [0.5, 0.6) is 0 Å². The van der Waals surface area contributed by atoms with Crippen LogP contribution in [-0.4, -0.2) is 33.8 Å². The number of aryl methyl sites for hydroxylation is 1. The zero-order chi connectivity index (χ0) is 18.7. The van der Waals surface area contributed by atoms with Crippen molar-refractivity contribution < 1.29 is 18.7 Å². The molecule has 2 N–H and O–H groups in total. The number of nitrogens with zero attached hydrogens (tertiary/aromatic N) is 3. The Morgan fingerprint density at radius 3 is 2.65 bits per heavy atom. The van der Waals surface area contributed by atoms with E-state index < -0.39 is 11.8 Å². The summed E-state index contributed by atoms with van der Waals surface area (Å²) in [7, 11) is 1.27. The van der Waals surface area contributed by atoms with Crippen LogP contribution in [-0.2, 0) is 11.2 Å². The quantitative estimate of drug-likeness (QED) is 0.553. The Kier molecular flexibility index (Phi) is 4.83. The minimum Gasteiger partial charge on any atom is -0.464 e. The number of Topliss-reactive ketones (excluding diaryl/α,β-unsaturated/α-hetero) is 1. The average molecular weight is 354 g/mol. The van der Waals surface area contributed by atoms with E-state index in [1.807, 2.05) is 0 Å². The minimum atomic E-state index is -0.571. The van der Waals surface area contributed by atoms with E-state index in [2.05, 4.69) is 19.7 Å². The molecule has 26 heavy (non-hydrogen) atoms. The molecule has 0 amide bonds. The Labute approximate surface area is 148 Å². The number of hydrogen-bond acceptors (Lipinski definition) is 7. The fourth-order valence-corrected chi connectivity index (χ4v) is 2.54. The van der Waals surface area contributed by atoms with Gasteiger partial charge in [0.05, 0.1) is 7.11 Å². The van der Waals surface area contributed by atoms with Crippen molar-refractivity contribution >= 4 is 28.6 Å². The molecule has 3 aromatic rings. The lowest BCUT2D eigenvalue weighted by Gasteiger charge is -2.07. The maximum Gasteiger partial charge on any atom is 0.356 e. The van der Waals surface area contributed by atoms with Gasteiger partial charge in [-0.25, -0.2) is 24.1 Å². The summed E-state index contributed by atoms with van der Waals surface area (Å²) in [6.07, 6.45) is 0.351. The highest BCUT2D eigenvalue weighted by atomic mass is 19.1. The van der Waals surface area contributed by atoms with Crippen LogP contribution in [0.15, 0.2) is 36.4 Å². The van der Waals surface area contributed by atoms with Crippen molar-refractivity contribution in [2.75, 3.05) is 12.8 Å². The molecule has 3 rings (SSSR count). The number of methoxy groups -OCH3 is 1. The highest BCUT2D eigenvalue weighted by Gasteiger charge is 2.17. The first-order valence-electron chi connectivity index (χ1n) is 7.79. The lowest BCUT2D eigenvalue weighted by Crippen LogP contribution is -2.10. The number of carbonyl (C=O) groups excluding carboxylic acids is 2. The predicted octanol–water partition coefficient (Wildman–Crippen LogP) is 2.35. The van der Waals surface area contributed by atoms with Crippen LogP contribution in [0.3, 0.4) is 0 Å². The Morgan fingerprint density at radius 1 is 1.12 bits per heavy atom. The summed E-state index contributed by atoms with van der Waals surface area (Å²) in [4.78, 5) is 36.1. The molecule has 0 aliphatic rings. The van der Waals surface area contributed by atoms with Crippen LogP contribution < -0.4 is 5.73 Å². The number of fused-ring (bicyclic) bond motifs is 1. The molecule has 7 nitrogen and oxygen atoms in total. The lowest BCUT2D eigenvalue weighted by molar-refractivity contribution is 0.0593. The van der Waals surface area contributed by atoms with E-state index in [9.17, 15) is 14.0 Å². The van der Waals surface area contributed by atoms with Gasteiger partial charge in [0, 0.05) is 17.5 Å². The highest BCUT2D eigenvalue weighted by Crippen LogP contribution is 2.21. The van der Waals surface area contributed by atoms with Gasteiger partial charge in [0.15, 0.2) is 5.78 Å². The van der Waals surface area contributed by atoms with Crippen molar-refractivity contribution in [3.63, 3.8) is 0 Å². The van der Waals surface area contributed by atoms with Gasteiger partial charge in [-0.05, 0) is 24.6 Å². The Hall–Kier alpha value is -3.42. The summed E-state index contributed by atoms with van der Waals surface area (Å²) in [5.74, 6) is -1.61. The number of aromatic nitrogens is 3. The number of ketones is 1. The Morgan fingerprint density at radius 2 is 1.88 bits per heavy atom. The second kappa shape index (κ2) is 7.22. The number of pyridine rings is 1. The molecule has 0 fully saturated rings. The molecule has 0 radical (unpaired) electrons. The van der Waals surface area contributed by atoms with Gasteiger partial charge in [-0.15, -0.1) is 0 Å². The van der Waals surface area contributed by atoms with Crippen LogP contribution in [0.4, 0.5) is 10.3 Å². The monoisotopic (exact) mass is 354 g/mol. The van der Waals surface area contributed by atoms with E-state index in [0.717, 1.165) is 0 Å². The van der Waals surface area contributed by atoms with E-state index in [0.29, 0.717) is 11.1 Å². The third-order valence-corrected chi connectivity index (χ3v) is 3.77. The molecule has 0 aliphatic carbocycles. The normalized spacial score (nSPS) is 10.7. The van der Waals surface area contributed by atoms with E-state index >= 15 is 0 Å². The summed E-state index contributed by atoms with van der Waals surface area (Å²) in [6, 6.07) is 9.18. The number of carbonyl (C=O) groups is 2. The van der Waals surface area contributed by atoms with Crippen molar-refractivity contribution in [2.45, 2.75) is 12.8 Å². The Bertz CT molecular complexity index is 1010. The SMILES string of the molecule is COC(=O)c1cccc(CCC(=O)c2nc(N)nc3c(F)cccc23)n1. The number of esters is 1. The maximum atomic E-state index is 13.9. The third-order valence-electron chi connectivity index (χ3n) is 3.77. The van der Waals surface area contributed by atoms with Crippen LogP contribution in [0.1, 0.15) is 33.1 Å². The number of para-hydroxylation sites is 1. The number of halogens is 1. The molecule has 0 bridgehead atoms. The second-order valence-electron chi connectivity index (χ2n) is 5.50. The first kappa shape index (κ1) is 17.4. The fraction of sp³-hybridized carbons (Fsp3) is 0.167. The molecule has 0 spiro atoms. The van der Waals surface area contributed by atoms with E-state index in [1.165, 1.54) is 25.3 Å².